The second kappa shape index (κ2) is 6.12. The number of nitrogens with zero attached hydrogens (tertiary/aromatic N) is 1. The predicted molar refractivity (Wildman–Crippen MR) is 79.1 cm³/mol. The maximum absolute atomic E-state index is 6.10. The molecule has 1 saturated carbocycles. The molecule has 1 saturated heterocycles. The summed E-state index contributed by atoms with van der Waals surface area (Å²) in [7, 11) is 1.84. The molecule has 3 nitrogen and oxygen atoms in total. The van der Waals surface area contributed by atoms with E-state index in [1.165, 1.54) is 32.2 Å². The molecule has 3 atom stereocenters. The molecule has 0 spiro atoms. The number of thioether (sulfide) groups is 1. The van der Waals surface area contributed by atoms with Gasteiger partial charge in [-0.2, -0.15) is 11.8 Å². The fourth-order valence-corrected chi connectivity index (χ4v) is 4.76. The molecule has 3 unspecified atom stereocenters. The fraction of sp³-hybridized carbons (Fsp3) is 1.00. The lowest BCUT2D eigenvalue weighted by molar-refractivity contribution is -0.0284. The molecule has 2 fully saturated rings. The molecular weight excluding hydrogens is 244 g/mol. The molecular formula is C14H28N2OS. The normalized spacial score (nSPS) is 34.0. The Morgan fingerprint density at radius 2 is 2.22 bits per heavy atom. The number of piperidine rings is 1. The van der Waals surface area contributed by atoms with Crippen molar-refractivity contribution in [2.75, 3.05) is 33.0 Å². The first-order chi connectivity index (χ1) is 8.66. The average Bonchev–Trinajstić information content (AvgIpc) is 2.34. The summed E-state index contributed by atoms with van der Waals surface area (Å²) >= 11 is 2.03. The SMILES string of the molecule is COC1CN(C(CN)C2(SC)CCC2)CCC1C. The zero-order valence-electron chi connectivity index (χ0n) is 12.0. The first kappa shape index (κ1) is 14.6. The molecule has 106 valence electrons. The second-order valence-electron chi connectivity index (χ2n) is 5.91. The Balaban J connectivity index is 2.04. The molecule has 0 bridgehead atoms. The summed E-state index contributed by atoms with van der Waals surface area (Å²) in [5, 5.41) is 0. The van der Waals surface area contributed by atoms with Gasteiger partial charge in [-0.1, -0.05) is 13.3 Å². The number of hydrogen-bond donors (Lipinski definition) is 1. The summed E-state index contributed by atoms with van der Waals surface area (Å²) in [6, 6.07) is 0.534. The maximum atomic E-state index is 6.10. The molecule has 4 heteroatoms. The van der Waals surface area contributed by atoms with Crippen LogP contribution in [0, 0.1) is 5.92 Å². The van der Waals surface area contributed by atoms with E-state index in [1.807, 2.05) is 18.9 Å². The van der Waals surface area contributed by atoms with Gasteiger partial charge in [-0.15, -0.1) is 0 Å². The summed E-state index contributed by atoms with van der Waals surface area (Å²) in [5.74, 6) is 0.677. The standard InChI is InChI=1S/C14H28N2OS/c1-11-5-8-16(10-12(11)17-2)13(9-15)14(18-3)6-4-7-14/h11-13H,4-10,15H2,1-3H3. The van der Waals surface area contributed by atoms with E-state index >= 15 is 0 Å². The summed E-state index contributed by atoms with van der Waals surface area (Å²) in [6.07, 6.45) is 7.91. The van der Waals surface area contributed by atoms with Crippen LogP contribution in [0.3, 0.4) is 0 Å². The zero-order chi connectivity index (χ0) is 13.2. The number of nitrogens with two attached hydrogens (primary N) is 1. The second-order valence-corrected chi connectivity index (χ2v) is 7.13. The lowest BCUT2D eigenvalue weighted by Gasteiger charge is -2.52. The number of hydrogen-bond acceptors (Lipinski definition) is 4. The highest BCUT2D eigenvalue weighted by atomic mass is 32.2. The molecule has 0 amide bonds. The molecule has 1 aliphatic carbocycles. The van der Waals surface area contributed by atoms with Crippen molar-refractivity contribution in [3.8, 4) is 0 Å². The number of methoxy groups -OCH3 is 1. The maximum Gasteiger partial charge on any atom is 0.0724 e. The number of ether oxygens (including phenoxy) is 1. The van der Waals surface area contributed by atoms with Crippen LogP contribution in [0.25, 0.3) is 0 Å². The Morgan fingerprint density at radius 1 is 1.50 bits per heavy atom. The van der Waals surface area contributed by atoms with Gasteiger partial charge < -0.3 is 10.5 Å². The van der Waals surface area contributed by atoms with Crippen molar-refractivity contribution >= 4 is 11.8 Å². The smallest absolute Gasteiger partial charge is 0.0724 e. The minimum absolute atomic E-state index is 0.381. The van der Waals surface area contributed by atoms with E-state index in [1.54, 1.807) is 0 Å². The van der Waals surface area contributed by atoms with Crippen molar-refractivity contribution < 1.29 is 4.74 Å². The van der Waals surface area contributed by atoms with Gasteiger partial charge in [-0.3, -0.25) is 4.90 Å². The highest BCUT2D eigenvalue weighted by Crippen LogP contribution is 2.47. The Labute approximate surface area is 116 Å². The molecule has 2 rings (SSSR count). The number of rotatable bonds is 5. The van der Waals surface area contributed by atoms with E-state index in [0.717, 1.165) is 13.1 Å². The van der Waals surface area contributed by atoms with Gasteiger partial charge in [-0.05, 0) is 38.0 Å². The first-order valence-electron chi connectivity index (χ1n) is 7.19. The van der Waals surface area contributed by atoms with Crippen molar-refractivity contribution in [1.29, 1.82) is 0 Å². The first-order valence-corrected chi connectivity index (χ1v) is 8.41. The third-order valence-electron chi connectivity index (χ3n) is 5.10. The topological polar surface area (TPSA) is 38.5 Å². The van der Waals surface area contributed by atoms with Gasteiger partial charge in [0.15, 0.2) is 0 Å². The third-order valence-corrected chi connectivity index (χ3v) is 6.59. The van der Waals surface area contributed by atoms with Gasteiger partial charge in [0.05, 0.1) is 6.10 Å². The Morgan fingerprint density at radius 3 is 2.67 bits per heavy atom. The monoisotopic (exact) mass is 272 g/mol. The lowest BCUT2D eigenvalue weighted by Crippen LogP contribution is -2.61. The van der Waals surface area contributed by atoms with Crippen LogP contribution in [-0.2, 0) is 4.74 Å². The van der Waals surface area contributed by atoms with E-state index in [-0.39, 0.29) is 0 Å². The lowest BCUT2D eigenvalue weighted by atomic mass is 9.77. The van der Waals surface area contributed by atoms with Gasteiger partial charge >= 0.3 is 0 Å². The van der Waals surface area contributed by atoms with Crippen molar-refractivity contribution in [3.63, 3.8) is 0 Å². The minimum atomic E-state index is 0.381. The summed E-state index contributed by atoms with van der Waals surface area (Å²) in [5.41, 5.74) is 6.10. The van der Waals surface area contributed by atoms with Gasteiger partial charge in [0.25, 0.3) is 0 Å². The van der Waals surface area contributed by atoms with Crippen LogP contribution in [0.15, 0.2) is 0 Å². The summed E-state index contributed by atoms with van der Waals surface area (Å²) < 4.78 is 6.06. The fourth-order valence-electron chi connectivity index (χ4n) is 3.54. The van der Waals surface area contributed by atoms with Gasteiger partial charge in [0.2, 0.25) is 0 Å². The molecule has 0 aromatic rings. The molecule has 2 aliphatic rings. The van der Waals surface area contributed by atoms with Crippen molar-refractivity contribution in [1.82, 2.24) is 4.90 Å². The Bertz CT molecular complexity index is 265. The molecule has 1 heterocycles. The Kier molecular flexibility index (Phi) is 4.98. The van der Waals surface area contributed by atoms with Gasteiger partial charge in [0, 0.05) is 31.0 Å². The molecule has 18 heavy (non-hydrogen) atoms. The van der Waals surface area contributed by atoms with E-state index in [9.17, 15) is 0 Å². The van der Waals surface area contributed by atoms with Crippen LogP contribution in [0.5, 0.6) is 0 Å². The molecule has 0 aromatic heterocycles. The average molecular weight is 272 g/mol. The van der Waals surface area contributed by atoms with Crippen LogP contribution in [0.1, 0.15) is 32.6 Å². The molecule has 1 aliphatic heterocycles. The number of likely N-dealkylation sites (tertiary alicyclic amines) is 1. The van der Waals surface area contributed by atoms with Crippen molar-refractivity contribution in [2.24, 2.45) is 11.7 Å². The van der Waals surface area contributed by atoms with Crippen LogP contribution < -0.4 is 5.73 Å². The van der Waals surface area contributed by atoms with E-state index in [0.29, 0.717) is 22.8 Å². The van der Waals surface area contributed by atoms with Crippen LogP contribution in [0.4, 0.5) is 0 Å². The predicted octanol–water partition coefficient (Wildman–Crippen LogP) is 1.96. The van der Waals surface area contributed by atoms with Gasteiger partial charge in [0.1, 0.15) is 0 Å². The van der Waals surface area contributed by atoms with Crippen molar-refractivity contribution in [3.05, 3.63) is 0 Å². The van der Waals surface area contributed by atoms with E-state index in [2.05, 4.69) is 18.1 Å². The van der Waals surface area contributed by atoms with Gasteiger partial charge in [-0.25, -0.2) is 0 Å². The van der Waals surface area contributed by atoms with E-state index in [4.69, 9.17) is 10.5 Å². The molecule has 0 aromatic carbocycles. The van der Waals surface area contributed by atoms with Crippen molar-refractivity contribution in [2.45, 2.75) is 49.5 Å². The molecule has 2 N–H and O–H groups in total. The van der Waals surface area contributed by atoms with Crippen LogP contribution in [0.2, 0.25) is 0 Å². The third kappa shape index (κ3) is 2.58. The summed E-state index contributed by atoms with van der Waals surface area (Å²) in [6.45, 7) is 5.33. The highest BCUT2D eigenvalue weighted by Gasteiger charge is 2.46. The zero-order valence-corrected chi connectivity index (χ0v) is 12.8. The van der Waals surface area contributed by atoms with Crippen LogP contribution in [-0.4, -0.2) is 54.8 Å². The van der Waals surface area contributed by atoms with E-state index < -0.39 is 0 Å². The molecule has 0 radical (unpaired) electrons. The highest BCUT2D eigenvalue weighted by molar-refractivity contribution is 8.00. The Hall–Kier alpha value is 0.230. The summed E-state index contributed by atoms with van der Waals surface area (Å²) in [4.78, 5) is 2.60. The minimum Gasteiger partial charge on any atom is -0.380 e. The quantitative estimate of drug-likeness (QED) is 0.830. The largest absolute Gasteiger partial charge is 0.380 e. The van der Waals surface area contributed by atoms with Crippen LogP contribution >= 0.6 is 11.8 Å².